The molecule has 0 bridgehead atoms. The molecule has 1 saturated heterocycles. The average Bonchev–Trinajstić information content (AvgIpc) is 2.78. The van der Waals surface area contributed by atoms with Crippen LogP contribution in [0.1, 0.15) is 39.6 Å². The lowest BCUT2D eigenvalue weighted by Gasteiger charge is -2.36. The van der Waals surface area contributed by atoms with E-state index in [4.69, 9.17) is 0 Å². The molecule has 0 aromatic heterocycles. The number of carbonyl (C=O) groups is 3. The Hall–Kier alpha value is -3.39. The van der Waals surface area contributed by atoms with Crippen molar-refractivity contribution < 1.29 is 19.5 Å². The number of nitrogens with zero attached hydrogens (tertiary/aromatic N) is 2. The number of piperazine rings is 1. The molecule has 1 aliphatic rings. The number of carboxylic acid groups (broad SMARTS) is 1. The summed E-state index contributed by atoms with van der Waals surface area (Å²) in [6.07, 6.45) is 0.902. The summed E-state index contributed by atoms with van der Waals surface area (Å²) in [5.74, 6) is -1.31. The van der Waals surface area contributed by atoms with E-state index in [9.17, 15) is 19.5 Å². The van der Waals surface area contributed by atoms with Gasteiger partial charge in [0.15, 0.2) is 0 Å². The van der Waals surface area contributed by atoms with Gasteiger partial charge >= 0.3 is 5.97 Å². The van der Waals surface area contributed by atoms with Crippen LogP contribution in [0.4, 0.5) is 11.4 Å². The molecule has 8 heteroatoms. The smallest absolute Gasteiger partial charge is 0.337 e. The maximum atomic E-state index is 12.6. The molecule has 0 unspecified atom stereocenters. The molecule has 2 amide bonds. The molecule has 3 N–H and O–H groups in total. The molecule has 3 rings (SSSR count). The van der Waals surface area contributed by atoms with Crippen molar-refractivity contribution in [1.82, 2.24) is 10.2 Å². The van der Waals surface area contributed by atoms with Gasteiger partial charge in [0.05, 0.1) is 17.8 Å². The Bertz CT molecular complexity index is 984. The van der Waals surface area contributed by atoms with Crippen LogP contribution in [0, 0.1) is 6.92 Å². The predicted molar refractivity (Wildman–Crippen MR) is 124 cm³/mol. The van der Waals surface area contributed by atoms with E-state index >= 15 is 0 Å². The Morgan fingerprint density at radius 3 is 2.38 bits per heavy atom. The number of nitrogens with one attached hydrogen (secondary N) is 2. The Labute approximate surface area is 188 Å². The number of aromatic carboxylic acids is 1. The summed E-state index contributed by atoms with van der Waals surface area (Å²) >= 11 is 0. The number of benzene rings is 2. The molecule has 32 heavy (non-hydrogen) atoms. The van der Waals surface area contributed by atoms with E-state index in [2.05, 4.69) is 15.5 Å². The van der Waals surface area contributed by atoms with Crippen LogP contribution in [-0.4, -0.2) is 67.1 Å². The Morgan fingerprint density at radius 2 is 1.72 bits per heavy atom. The summed E-state index contributed by atoms with van der Waals surface area (Å²) in [5.41, 5.74) is 2.59. The maximum absolute atomic E-state index is 12.6. The third kappa shape index (κ3) is 5.85. The number of hydrogen-bond donors (Lipinski definition) is 3. The molecule has 1 aliphatic heterocycles. The lowest BCUT2D eigenvalue weighted by atomic mass is 10.1. The molecular formula is C24H30N4O4. The molecular weight excluding hydrogens is 408 g/mol. The summed E-state index contributed by atoms with van der Waals surface area (Å²) in [6.45, 7) is 7.48. The van der Waals surface area contributed by atoms with Crippen LogP contribution in [0.25, 0.3) is 0 Å². The number of amides is 2. The van der Waals surface area contributed by atoms with E-state index < -0.39 is 5.97 Å². The fraction of sp³-hybridized carbons (Fsp3) is 0.375. The second-order valence-electron chi connectivity index (χ2n) is 7.92. The van der Waals surface area contributed by atoms with Gasteiger partial charge in [-0.05, 0) is 43.2 Å². The van der Waals surface area contributed by atoms with Crippen LogP contribution in [0.3, 0.4) is 0 Å². The average molecular weight is 439 g/mol. The number of carbonyl (C=O) groups excluding carboxylic acids is 2. The molecule has 8 nitrogen and oxygen atoms in total. The molecule has 170 valence electrons. The van der Waals surface area contributed by atoms with Crippen LogP contribution in [0.5, 0.6) is 0 Å². The second kappa shape index (κ2) is 10.8. The standard InChI is InChI=1S/C24H30N4O4/c1-3-10-25-22(29)16-27-11-13-28(14-12-27)21-9-8-18(15-20(21)24(31)32)26-23(30)19-7-5-4-6-17(19)2/h4-9,15H,3,10-14,16H2,1-2H3,(H,25,29)(H,26,30)(H,31,32). The van der Waals surface area contributed by atoms with E-state index in [0.717, 1.165) is 12.0 Å². The van der Waals surface area contributed by atoms with Crippen molar-refractivity contribution in [3.05, 3.63) is 59.2 Å². The van der Waals surface area contributed by atoms with Gasteiger partial charge in [-0.25, -0.2) is 4.79 Å². The van der Waals surface area contributed by atoms with Crippen LogP contribution in [-0.2, 0) is 4.79 Å². The third-order valence-electron chi connectivity index (χ3n) is 5.53. The van der Waals surface area contributed by atoms with E-state index in [0.29, 0.717) is 56.2 Å². The number of anilines is 2. The number of carboxylic acids is 1. The highest BCUT2D eigenvalue weighted by atomic mass is 16.4. The lowest BCUT2D eigenvalue weighted by Crippen LogP contribution is -2.49. The molecule has 1 fully saturated rings. The molecule has 0 aliphatic carbocycles. The molecule has 2 aromatic carbocycles. The van der Waals surface area contributed by atoms with E-state index in [1.54, 1.807) is 24.3 Å². The highest BCUT2D eigenvalue weighted by Gasteiger charge is 2.23. The summed E-state index contributed by atoms with van der Waals surface area (Å²) in [7, 11) is 0. The Balaban J connectivity index is 1.67. The van der Waals surface area contributed by atoms with Gasteiger partial charge < -0.3 is 20.6 Å². The minimum atomic E-state index is -1.05. The van der Waals surface area contributed by atoms with E-state index in [1.807, 2.05) is 30.9 Å². The van der Waals surface area contributed by atoms with E-state index in [1.165, 1.54) is 6.07 Å². The first kappa shape index (κ1) is 23.3. The lowest BCUT2D eigenvalue weighted by molar-refractivity contribution is -0.122. The van der Waals surface area contributed by atoms with Gasteiger partial charge in [0.2, 0.25) is 5.91 Å². The van der Waals surface area contributed by atoms with Gasteiger partial charge in [0.1, 0.15) is 0 Å². The van der Waals surface area contributed by atoms with Crippen molar-refractivity contribution in [3.63, 3.8) is 0 Å². The zero-order valence-electron chi connectivity index (χ0n) is 18.6. The molecule has 0 atom stereocenters. The fourth-order valence-corrected chi connectivity index (χ4v) is 3.76. The van der Waals surface area contributed by atoms with Crippen molar-refractivity contribution >= 4 is 29.2 Å². The van der Waals surface area contributed by atoms with Gasteiger partial charge in [-0.1, -0.05) is 25.1 Å². The summed E-state index contributed by atoms with van der Waals surface area (Å²) in [5, 5.41) is 15.4. The summed E-state index contributed by atoms with van der Waals surface area (Å²) in [6, 6.07) is 12.2. The van der Waals surface area contributed by atoms with Crippen molar-refractivity contribution in [2.24, 2.45) is 0 Å². The minimum Gasteiger partial charge on any atom is -0.478 e. The van der Waals surface area contributed by atoms with Crippen molar-refractivity contribution in [1.29, 1.82) is 0 Å². The Morgan fingerprint density at radius 1 is 1.00 bits per heavy atom. The first-order valence-electron chi connectivity index (χ1n) is 10.9. The van der Waals surface area contributed by atoms with Crippen molar-refractivity contribution in [2.75, 3.05) is 49.5 Å². The molecule has 1 heterocycles. The highest BCUT2D eigenvalue weighted by Crippen LogP contribution is 2.26. The normalized spacial score (nSPS) is 14.1. The number of rotatable bonds is 8. The zero-order chi connectivity index (χ0) is 23.1. The summed E-state index contributed by atoms with van der Waals surface area (Å²) < 4.78 is 0. The zero-order valence-corrected chi connectivity index (χ0v) is 18.6. The second-order valence-corrected chi connectivity index (χ2v) is 7.92. The van der Waals surface area contributed by atoms with Gasteiger partial charge in [-0.3, -0.25) is 14.5 Å². The minimum absolute atomic E-state index is 0.0141. The quantitative estimate of drug-likeness (QED) is 0.586. The van der Waals surface area contributed by atoms with Gasteiger partial charge in [-0.15, -0.1) is 0 Å². The maximum Gasteiger partial charge on any atom is 0.337 e. The first-order chi connectivity index (χ1) is 15.4. The largest absolute Gasteiger partial charge is 0.478 e. The van der Waals surface area contributed by atoms with Crippen LogP contribution in [0.15, 0.2) is 42.5 Å². The molecule has 0 saturated carbocycles. The van der Waals surface area contributed by atoms with Crippen molar-refractivity contribution in [2.45, 2.75) is 20.3 Å². The monoisotopic (exact) mass is 438 g/mol. The van der Waals surface area contributed by atoms with Crippen molar-refractivity contribution in [3.8, 4) is 0 Å². The van der Waals surface area contributed by atoms with Gasteiger partial charge in [0, 0.05) is 44.0 Å². The van der Waals surface area contributed by atoms with Gasteiger partial charge in [-0.2, -0.15) is 0 Å². The Kier molecular flexibility index (Phi) is 7.83. The number of aryl methyl sites for hydroxylation is 1. The van der Waals surface area contributed by atoms with Crippen LogP contribution >= 0.6 is 0 Å². The SMILES string of the molecule is CCCNC(=O)CN1CCN(c2ccc(NC(=O)c3ccccc3C)cc2C(=O)O)CC1. The van der Waals surface area contributed by atoms with Crippen LogP contribution < -0.4 is 15.5 Å². The third-order valence-corrected chi connectivity index (χ3v) is 5.53. The van der Waals surface area contributed by atoms with Gasteiger partial charge in [0.25, 0.3) is 5.91 Å². The molecule has 0 spiro atoms. The van der Waals surface area contributed by atoms with E-state index in [-0.39, 0.29) is 17.4 Å². The molecule has 0 radical (unpaired) electrons. The topological polar surface area (TPSA) is 102 Å². The van der Waals surface area contributed by atoms with Crippen LogP contribution in [0.2, 0.25) is 0 Å². The first-order valence-corrected chi connectivity index (χ1v) is 10.9. The summed E-state index contributed by atoms with van der Waals surface area (Å²) in [4.78, 5) is 40.5. The highest BCUT2D eigenvalue weighted by molar-refractivity contribution is 6.06. The molecule has 2 aromatic rings. The fourth-order valence-electron chi connectivity index (χ4n) is 3.76. The predicted octanol–water partition coefficient (Wildman–Crippen LogP) is 2.59. The number of hydrogen-bond acceptors (Lipinski definition) is 5.